The second kappa shape index (κ2) is 6.84. The van der Waals surface area contributed by atoms with Crippen molar-refractivity contribution in [3.05, 3.63) is 35.9 Å². The summed E-state index contributed by atoms with van der Waals surface area (Å²) in [7, 11) is 0. The number of alkyl halides is 3. The maximum absolute atomic E-state index is 11.1. The molecule has 6 heteroatoms. The molecule has 0 bridgehead atoms. The van der Waals surface area contributed by atoms with Gasteiger partial charge in [0.05, 0.1) is 0 Å². The largest absolute Gasteiger partial charge is 0.292 e. The number of hydrazone groups is 1. The summed E-state index contributed by atoms with van der Waals surface area (Å²) in [5.41, 5.74) is 3.34. The van der Waals surface area contributed by atoms with E-state index in [1.165, 1.54) is 5.56 Å². The molecule has 92 valence electrons. The number of benzene rings is 1. The SMILES string of the molecule is O=C(N/N=C/CCc1ccccc1)C(Cl)(Cl)Cl. The fourth-order valence-corrected chi connectivity index (χ4v) is 1.23. The van der Waals surface area contributed by atoms with Gasteiger partial charge < -0.3 is 0 Å². The highest BCUT2D eigenvalue weighted by Crippen LogP contribution is 2.25. The summed E-state index contributed by atoms with van der Waals surface area (Å²) in [4.78, 5) is 11.1. The van der Waals surface area contributed by atoms with E-state index in [0.29, 0.717) is 6.42 Å². The number of rotatable bonds is 4. The third kappa shape index (κ3) is 5.91. The lowest BCUT2D eigenvalue weighted by Gasteiger charge is -2.06. The summed E-state index contributed by atoms with van der Waals surface area (Å²) in [6, 6.07) is 9.94. The van der Waals surface area contributed by atoms with Gasteiger partial charge in [0.15, 0.2) is 0 Å². The topological polar surface area (TPSA) is 41.5 Å². The molecular weight excluding hydrogens is 282 g/mol. The second-order valence-corrected chi connectivity index (χ2v) is 5.56. The molecule has 1 N–H and O–H groups in total. The predicted octanol–water partition coefficient (Wildman–Crippen LogP) is 3.09. The summed E-state index contributed by atoms with van der Waals surface area (Å²) < 4.78 is -1.98. The van der Waals surface area contributed by atoms with Crippen molar-refractivity contribution >= 4 is 46.9 Å². The average molecular weight is 294 g/mol. The minimum atomic E-state index is -1.98. The number of amides is 1. The molecule has 0 aliphatic heterocycles. The molecule has 0 unspecified atom stereocenters. The molecule has 0 aromatic heterocycles. The highest BCUT2D eigenvalue weighted by atomic mass is 35.6. The van der Waals surface area contributed by atoms with Gasteiger partial charge in [0.2, 0.25) is 0 Å². The first-order valence-corrected chi connectivity index (χ1v) is 6.06. The quantitative estimate of drug-likeness (QED) is 0.517. The number of carbonyl (C=O) groups excluding carboxylic acids is 1. The van der Waals surface area contributed by atoms with Crippen LogP contribution in [0.4, 0.5) is 0 Å². The van der Waals surface area contributed by atoms with Gasteiger partial charge in [0.1, 0.15) is 0 Å². The van der Waals surface area contributed by atoms with Gasteiger partial charge in [-0.15, -0.1) is 0 Å². The highest BCUT2D eigenvalue weighted by Gasteiger charge is 2.30. The zero-order chi connectivity index (χ0) is 12.7. The Kier molecular flexibility index (Phi) is 5.75. The third-order valence-electron chi connectivity index (χ3n) is 1.92. The van der Waals surface area contributed by atoms with E-state index >= 15 is 0 Å². The average Bonchev–Trinajstić information content (AvgIpc) is 2.28. The molecule has 0 aliphatic rings. The minimum Gasteiger partial charge on any atom is -0.268 e. The summed E-state index contributed by atoms with van der Waals surface area (Å²) >= 11 is 16.0. The van der Waals surface area contributed by atoms with Gasteiger partial charge in [-0.25, -0.2) is 5.43 Å². The Balaban J connectivity index is 2.26. The van der Waals surface area contributed by atoms with Gasteiger partial charge in [0, 0.05) is 6.21 Å². The van der Waals surface area contributed by atoms with Crippen LogP contribution in [0.5, 0.6) is 0 Å². The molecule has 3 nitrogen and oxygen atoms in total. The summed E-state index contributed by atoms with van der Waals surface area (Å²) in [5, 5.41) is 3.67. The van der Waals surface area contributed by atoms with Crippen LogP contribution in [0.15, 0.2) is 35.4 Å². The molecular formula is C11H11Cl3N2O. The summed E-state index contributed by atoms with van der Waals surface area (Å²) in [5.74, 6) is -0.765. The van der Waals surface area contributed by atoms with Gasteiger partial charge in [-0.3, -0.25) is 4.79 Å². The molecule has 0 saturated heterocycles. The van der Waals surface area contributed by atoms with Gasteiger partial charge >= 0.3 is 0 Å². The first-order chi connectivity index (χ1) is 8.00. The highest BCUT2D eigenvalue weighted by molar-refractivity contribution is 6.76. The fraction of sp³-hybridized carbons (Fsp3) is 0.273. The van der Waals surface area contributed by atoms with E-state index in [9.17, 15) is 4.79 Å². The maximum Gasteiger partial charge on any atom is 0.292 e. The number of nitrogens with one attached hydrogen (secondary N) is 1. The van der Waals surface area contributed by atoms with Gasteiger partial charge in [-0.2, -0.15) is 5.10 Å². The Morgan fingerprint density at radius 3 is 2.53 bits per heavy atom. The Labute approximate surface area is 115 Å². The molecule has 1 aromatic rings. The minimum absolute atomic E-state index is 0.699. The van der Waals surface area contributed by atoms with E-state index in [4.69, 9.17) is 34.8 Å². The lowest BCUT2D eigenvalue weighted by atomic mass is 10.1. The maximum atomic E-state index is 11.1. The standard InChI is InChI=1S/C11H11Cl3N2O/c12-11(13,14)10(17)16-15-8-4-7-9-5-2-1-3-6-9/h1-3,5-6,8H,4,7H2,(H,16,17)/b15-8+. The van der Waals surface area contributed by atoms with Crippen molar-refractivity contribution in [3.63, 3.8) is 0 Å². The normalized spacial score (nSPS) is 11.7. The summed E-state index contributed by atoms with van der Waals surface area (Å²) in [6.45, 7) is 0. The first kappa shape index (κ1) is 14.3. The van der Waals surface area contributed by atoms with E-state index in [1.54, 1.807) is 6.21 Å². The smallest absolute Gasteiger partial charge is 0.268 e. The molecule has 0 heterocycles. The van der Waals surface area contributed by atoms with Crippen LogP contribution in [0.25, 0.3) is 0 Å². The van der Waals surface area contributed by atoms with E-state index in [-0.39, 0.29) is 0 Å². The van der Waals surface area contributed by atoms with Crippen molar-refractivity contribution in [2.75, 3.05) is 0 Å². The van der Waals surface area contributed by atoms with Gasteiger partial charge in [0.25, 0.3) is 9.70 Å². The molecule has 0 radical (unpaired) electrons. The van der Waals surface area contributed by atoms with Crippen LogP contribution in [0, 0.1) is 0 Å². The molecule has 0 atom stereocenters. The van der Waals surface area contributed by atoms with E-state index in [0.717, 1.165) is 6.42 Å². The van der Waals surface area contributed by atoms with Crippen LogP contribution in [0.2, 0.25) is 0 Å². The monoisotopic (exact) mass is 292 g/mol. The molecule has 0 spiro atoms. The number of hydrogen-bond acceptors (Lipinski definition) is 2. The van der Waals surface area contributed by atoms with Crippen LogP contribution >= 0.6 is 34.8 Å². The Hall–Kier alpha value is -0.770. The van der Waals surface area contributed by atoms with Gasteiger partial charge in [-0.05, 0) is 18.4 Å². The van der Waals surface area contributed by atoms with E-state index in [1.807, 2.05) is 30.3 Å². The molecule has 1 aromatic carbocycles. The number of carbonyl (C=O) groups is 1. The van der Waals surface area contributed by atoms with Crippen LogP contribution in [0.1, 0.15) is 12.0 Å². The molecule has 1 rings (SSSR count). The predicted molar refractivity (Wildman–Crippen MR) is 71.7 cm³/mol. The Morgan fingerprint density at radius 2 is 1.94 bits per heavy atom. The second-order valence-electron chi connectivity index (χ2n) is 3.27. The van der Waals surface area contributed by atoms with Crippen molar-refractivity contribution in [1.29, 1.82) is 0 Å². The first-order valence-electron chi connectivity index (χ1n) is 4.93. The lowest BCUT2D eigenvalue weighted by Crippen LogP contribution is -2.30. The molecule has 1 amide bonds. The molecule has 17 heavy (non-hydrogen) atoms. The van der Waals surface area contributed by atoms with Gasteiger partial charge in [-0.1, -0.05) is 65.1 Å². The fourth-order valence-electron chi connectivity index (χ4n) is 1.11. The van der Waals surface area contributed by atoms with E-state index < -0.39 is 9.70 Å². The van der Waals surface area contributed by atoms with Crippen LogP contribution in [-0.2, 0) is 11.2 Å². The van der Waals surface area contributed by atoms with Crippen LogP contribution < -0.4 is 5.43 Å². The molecule has 0 fully saturated rings. The van der Waals surface area contributed by atoms with Crippen molar-refractivity contribution in [3.8, 4) is 0 Å². The zero-order valence-corrected chi connectivity index (χ0v) is 11.1. The Bertz CT molecular complexity index is 387. The van der Waals surface area contributed by atoms with Crippen LogP contribution in [0.3, 0.4) is 0 Å². The van der Waals surface area contributed by atoms with Crippen molar-refractivity contribution in [1.82, 2.24) is 5.43 Å². The van der Waals surface area contributed by atoms with Crippen molar-refractivity contribution < 1.29 is 4.79 Å². The number of aryl methyl sites for hydroxylation is 1. The third-order valence-corrected chi connectivity index (χ3v) is 2.43. The number of hydrogen-bond donors (Lipinski definition) is 1. The molecule has 0 aliphatic carbocycles. The molecule has 0 saturated carbocycles. The van der Waals surface area contributed by atoms with Crippen LogP contribution in [-0.4, -0.2) is 15.9 Å². The zero-order valence-electron chi connectivity index (χ0n) is 8.87. The lowest BCUT2D eigenvalue weighted by molar-refractivity contribution is -0.120. The number of nitrogens with zero attached hydrogens (tertiary/aromatic N) is 1. The number of halogens is 3. The Morgan fingerprint density at radius 1 is 1.29 bits per heavy atom. The van der Waals surface area contributed by atoms with Crippen molar-refractivity contribution in [2.24, 2.45) is 5.10 Å². The summed E-state index contributed by atoms with van der Waals surface area (Å²) in [6.07, 6.45) is 3.11. The van der Waals surface area contributed by atoms with Crippen molar-refractivity contribution in [2.45, 2.75) is 16.6 Å². The van der Waals surface area contributed by atoms with E-state index in [2.05, 4.69) is 10.5 Å².